The molecular weight excluding hydrogens is 761 g/mol. The van der Waals surface area contributed by atoms with Gasteiger partial charge in [-0.3, -0.25) is 0 Å². The molecule has 63 heavy (non-hydrogen) atoms. The van der Waals surface area contributed by atoms with E-state index in [1.165, 1.54) is 111 Å². The van der Waals surface area contributed by atoms with Gasteiger partial charge in [0.05, 0.1) is 10.8 Å². The Morgan fingerprint density at radius 1 is 0.254 bits per heavy atom. The lowest BCUT2D eigenvalue weighted by Gasteiger charge is -2.40. The van der Waals surface area contributed by atoms with Crippen molar-refractivity contribution in [2.24, 2.45) is 0 Å². The monoisotopic (exact) mass is 796 g/mol. The maximum atomic E-state index is 7.27. The van der Waals surface area contributed by atoms with E-state index in [4.69, 9.17) is 4.74 Å². The number of benzene rings is 11. The van der Waals surface area contributed by atoms with Crippen molar-refractivity contribution in [3.63, 3.8) is 0 Å². The lowest BCUT2D eigenvalue weighted by atomic mass is 9.65. The van der Waals surface area contributed by atoms with Gasteiger partial charge in [0.1, 0.15) is 11.5 Å². The Kier molecular flexibility index (Phi) is 6.35. The summed E-state index contributed by atoms with van der Waals surface area (Å²) in [6.45, 7) is 0. The number of ether oxygens (including phenoxy) is 1. The highest BCUT2D eigenvalue weighted by molar-refractivity contribution is 6.08. The quantitative estimate of drug-likeness (QED) is 0.161. The molecule has 1 unspecified atom stereocenters. The fraction of sp³-hybridized carbons (Fsp3) is 0.0323. The molecule has 3 aliphatic carbocycles. The molecule has 2 spiro atoms. The Morgan fingerprint density at radius 2 is 0.683 bits per heavy atom. The van der Waals surface area contributed by atoms with Crippen molar-refractivity contribution in [1.82, 2.24) is 0 Å². The molecule has 15 rings (SSSR count). The van der Waals surface area contributed by atoms with E-state index in [0.29, 0.717) is 0 Å². The molecule has 0 N–H and O–H groups in total. The molecule has 0 amide bonds. The van der Waals surface area contributed by atoms with Crippen molar-refractivity contribution in [2.75, 3.05) is 0 Å². The van der Waals surface area contributed by atoms with E-state index >= 15 is 0 Å². The van der Waals surface area contributed by atoms with E-state index in [2.05, 4.69) is 218 Å². The molecule has 0 bridgehead atoms. The van der Waals surface area contributed by atoms with E-state index in [9.17, 15) is 0 Å². The lowest BCUT2D eigenvalue weighted by Crippen LogP contribution is -2.32. The van der Waals surface area contributed by atoms with Gasteiger partial charge in [-0.2, -0.15) is 0 Å². The Hall–Kier alpha value is -8.00. The van der Waals surface area contributed by atoms with Crippen LogP contribution in [0, 0.1) is 0 Å². The average Bonchev–Trinajstić information content (AvgIpc) is 3.94. The largest absolute Gasteiger partial charge is 0.455 e. The van der Waals surface area contributed by atoms with Crippen molar-refractivity contribution >= 4 is 32.3 Å². The SMILES string of the molecule is c1ccc2c(c1)-c1ccc(-c3cccc4c3-c3ccccc3C43c4ccccc4-c4c3ccc3ccccc43)cc1C21c2ccc3ccccc3c2Oc2c1ccc1ccccc21. The summed E-state index contributed by atoms with van der Waals surface area (Å²) in [7, 11) is 0. The molecule has 290 valence electrons. The van der Waals surface area contributed by atoms with E-state index in [1.54, 1.807) is 0 Å². The molecule has 0 aromatic heterocycles. The van der Waals surface area contributed by atoms with Crippen LogP contribution in [-0.4, -0.2) is 0 Å². The summed E-state index contributed by atoms with van der Waals surface area (Å²) in [5, 5.41) is 7.18. The Balaban J connectivity index is 1.04. The van der Waals surface area contributed by atoms with Crippen LogP contribution in [0.15, 0.2) is 218 Å². The maximum absolute atomic E-state index is 7.27. The third-order valence-corrected chi connectivity index (χ3v) is 15.1. The summed E-state index contributed by atoms with van der Waals surface area (Å²) < 4.78 is 7.27. The first-order valence-electron chi connectivity index (χ1n) is 22.1. The van der Waals surface area contributed by atoms with E-state index in [0.717, 1.165) is 22.3 Å². The minimum atomic E-state index is -0.625. The molecule has 0 saturated carbocycles. The fourth-order valence-electron chi connectivity index (χ4n) is 12.8. The van der Waals surface area contributed by atoms with Crippen molar-refractivity contribution in [2.45, 2.75) is 10.8 Å². The molecule has 1 atom stereocenters. The van der Waals surface area contributed by atoms with Crippen molar-refractivity contribution in [3.8, 4) is 56.0 Å². The molecule has 0 radical (unpaired) electrons. The molecule has 1 heterocycles. The predicted octanol–water partition coefficient (Wildman–Crippen LogP) is 15.6. The van der Waals surface area contributed by atoms with Crippen molar-refractivity contribution in [1.29, 1.82) is 0 Å². The number of hydrogen-bond donors (Lipinski definition) is 0. The second-order valence-electron chi connectivity index (χ2n) is 17.8. The molecule has 11 aromatic rings. The van der Waals surface area contributed by atoms with Gasteiger partial charge in [-0.05, 0) is 105 Å². The van der Waals surface area contributed by atoms with E-state index in [1.807, 2.05) is 0 Å². The van der Waals surface area contributed by atoms with Gasteiger partial charge >= 0.3 is 0 Å². The zero-order valence-corrected chi connectivity index (χ0v) is 34.2. The summed E-state index contributed by atoms with van der Waals surface area (Å²) in [6, 6.07) is 82.1. The van der Waals surface area contributed by atoms with Crippen LogP contribution >= 0.6 is 0 Å². The summed E-state index contributed by atoms with van der Waals surface area (Å²) in [4.78, 5) is 0. The highest BCUT2D eigenvalue weighted by Crippen LogP contribution is 2.67. The smallest absolute Gasteiger partial charge is 0.140 e. The third-order valence-electron chi connectivity index (χ3n) is 15.1. The van der Waals surface area contributed by atoms with Crippen LogP contribution in [0.5, 0.6) is 11.5 Å². The highest BCUT2D eigenvalue weighted by atomic mass is 16.5. The zero-order chi connectivity index (χ0) is 41.0. The molecule has 1 nitrogen and oxygen atoms in total. The molecule has 0 fully saturated rings. The minimum Gasteiger partial charge on any atom is -0.455 e. The number of rotatable bonds is 1. The molecule has 0 saturated heterocycles. The molecule has 1 aliphatic heterocycles. The number of fused-ring (bicyclic) bond motifs is 25. The topological polar surface area (TPSA) is 9.23 Å². The van der Waals surface area contributed by atoms with Crippen molar-refractivity contribution in [3.05, 3.63) is 263 Å². The van der Waals surface area contributed by atoms with E-state index < -0.39 is 10.8 Å². The summed E-state index contributed by atoms with van der Waals surface area (Å²) in [6.07, 6.45) is 0. The third kappa shape index (κ3) is 3.96. The van der Waals surface area contributed by atoms with Gasteiger partial charge in [0.25, 0.3) is 0 Å². The van der Waals surface area contributed by atoms with Gasteiger partial charge in [-0.1, -0.05) is 212 Å². The molecule has 11 aromatic carbocycles. The second-order valence-corrected chi connectivity index (χ2v) is 17.8. The second kappa shape index (κ2) is 11.9. The van der Waals surface area contributed by atoms with E-state index in [-0.39, 0.29) is 0 Å². The van der Waals surface area contributed by atoms with Gasteiger partial charge in [0, 0.05) is 21.9 Å². The summed E-state index contributed by atoms with van der Waals surface area (Å²) in [5.41, 5.74) is 19.6. The van der Waals surface area contributed by atoms with Gasteiger partial charge in [0.15, 0.2) is 0 Å². The first-order valence-corrected chi connectivity index (χ1v) is 22.1. The van der Waals surface area contributed by atoms with Crippen LogP contribution in [0.1, 0.15) is 44.5 Å². The van der Waals surface area contributed by atoms with Crippen LogP contribution in [0.2, 0.25) is 0 Å². The Bertz CT molecular complexity index is 3760. The van der Waals surface area contributed by atoms with Crippen LogP contribution in [0.3, 0.4) is 0 Å². The lowest BCUT2D eigenvalue weighted by molar-refractivity contribution is 0.447. The van der Waals surface area contributed by atoms with Gasteiger partial charge in [0.2, 0.25) is 0 Å². The summed E-state index contributed by atoms with van der Waals surface area (Å²) in [5.74, 6) is 1.88. The standard InChI is InChI=1S/C62H36O/c1-4-17-41-37(14-1)29-33-53-57(41)47-21-8-11-25-50(47)61(53)51-26-12-9-22-48(51)58-42(23-13-27-52(58)61)40-28-32-46-45-20-7-10-24-49(45)62(56(46)36-40)54-34-30-38-15-2-5-18-43(38)59(54)63-60-44-19-6-3-16-39(44)31-35-55(60)62/h1-36H. The van der Waals surface area contributed by atoms with Crippen LogP contribution < -0.4 is 4.74 Å². The molecular formula is C62H36O. The summed E-state index contributed by atoms with van der Waals surface area (Å²) >= 11 is 0. The minimum absolute atomic E-state index is 0.452. The Labute approximate surface area is 365 Å². The fourth-order valence-corrected chi connectivity index (χ4v) is 12.8. The zero-order valence-electron chi connectivity index (χ0n) is 34.2. The van der Waals surface area contributed by atoms with Crippen LogP contribution in [0.4, 0.5) is 0 Å². The van der Waals surface area contributed by atoms with Gasteiger partial charge in [-0.15, -0.1) is 0 Å². The van der Waals surface area contributed by atoms with Crippen LogP contribution in [0.25, 0.3) is 76.8 Å². The average molecular weight is 797 g/mol. The van der Waals surface area contributed by atoms with Crippen LogP contribution in [-0.2, 0) is 10.8 Å². The maximum Gasteiger partial charge on any atom is 0.140 e. The molecule has 4 aliphatic rings. The normalized spacial score (nSPS) is 16.3. The number of hydrogen-bond acceptors (Lipinski definition) is 1. The predicted molar refractivity (Wildman–Crippen MR) is 258 cm³/mol. The van der Waals surface area contributed by atoms with Gasteiger partial charge < -0.3 is 4.74 Å². The van der Waals surface area contributed by atoms with Crippen molar-refractivity contribution < 1.29 is 4.74 Å². The van der Waals surface area contributed by atoms with Gasteiger partial charge in [-0.25, -0.2) is 0 Å². The first kappa shape index (κ1) is 33.7. The Morgan fingerprint density at radius 3 is 1.33 bits per heavy atom. The first-order chi connectivity index (χ1) is 31.3. The molecule has 1 heteroatoms. The highest BCUT2D eigenvalue weighted by Gasteiger charge is 2.54.